The Bertz CT molecular complexity index is 767. The summed E-state index contributed by atoms with van der Waals surface area (Å²) in [6.45, 7) is 3.24. The Morgan fingerprint density at radius 3 is 2.36 bits per heavy atom. The van der Waals surface area contributed by atoms with Gasteiger partial charge in [0.15, 0.2) is 11.6 Å². The summed E-state index contributed by atoms with van der Waals surface area (Å²) in [7, 11) is 3.24. The van der Waals surface area contributed by atoms with Gasteiger partial charge in [0.1, 0.15) is 11.5 Å². The van der Waals surface area contributed by atoms with E-state index in [1.165, 1.54) is 11.0 Å². The Morgan fingerprint density at radius 1 is 1.07 bits per heavy atom. The van der Waals surface area contributed by atoms with Gasteiger partial charge in [0, 0.05) is 32.6 Å². The van der Waals surface area contributed by atoms with E-state index in [4.69, 9.17) is 9.47 Å². The van der Waals surface area contributed by atoms with Gasteiger partial charge in [0.25, 0.3) is 0 Å². The normalized spacial score (nSPS) is 11.8. The number of rotatable bonds is 9. The topological polar surface area (TPSA) is 50.8 Å². The molecule has 0 bridgehead atoms. The summed E-state index contributed by atoms with van der Waals surface area (Å²) in [4.78, 5) is 13.0. The van der Waals surface area contributed by atoms with E-state index < -0.39 is 17.7 Å². The molecule has 2 rings (SSSR count). The second-order valence-electron chi connectivity index (χ2n) is 6.55. The van der Waals surface area contributed by atoms with Crippen LogP contribution in [0.2, 0.25) is 0 Å². The smallest absolute Gasteiger partial charge is 0.414 e. The van der Waals surface area contributed by atoms with Gasteiger partial charge in [0.2, 0.25) is 0 Å². The molecular weight excluding hydrogens is 366 g/mol. The largest absolute Gasteiger partial charge is 0.493 e. The van der Waals surface area contributed by atoms with Gasteiger partial charge in [-0.2, -0.15) is 0 Å². The third-order valence-corrected chi connectivity index (χ3v) is 4.06. The summed E-state index contributed by atoms with van der Waals surface area (Å²) in [5, 5.41) is 3.44. The molecule has 5 nitrogen and oxygen atoms in total. The minimum Gasteiger partial charge on any atom is -0.493 e. The lowest BCUT2D eigenvalue weighted by Gasteiger charge is -2.20. The SMILES string of the molecule is CCCNC(CCOc1ccc(F)c(F)c1)c1ccc(OC(=O)N(C)C)cc1. The van der Waals surface area contributed by atoms with Crippen molar-refractivity contribution < 1.29 is 23.0 Å². The third-order valence-electron chi connectivity index (χ3n) is 4.06. The lowest BCUT2D eigenvalue weighted by atomic mass is 10.0. The number of carbonyl (C=O) groups is 1. The lowest BCUT2D eigenvalue weighted by molar-refractivity contribution is 0.172. The Morgan fingerprint density at radius 2 is 1.75 bits per heavy atom. The van der Waals surface area contributed by atoms with Crippen molar-refractivity contribution in [1.29, 1.82) is 0 Å². The maximum Gasteiger partial charge on any atom is 0.414 e. The van der Waals surface area contributed by atoms with E-state index in [0.29, 0.717) is 24.5 Å². The van der Waals surface area contributed by atoms with E-state index in [0.717, 1.165) is 30.7 Å². The summed E-state index contributed by atoms with van der Waals surface area (Å²) in [6, 6.07) is 10.8. The van der Waals surface area contributed by atoms with Crippen LogP contribution in [-0.2, 0) is 0 Å². The molecule has 7 heteroatoms. The van der Waals surface area contributed by atoms with E-state index in [9.17, 15) is 13.6 Å². The van der Waals surface area contributed by atoms with Crippen LogP contribution in [0.4, 0.5) is 13.6 Å². The quantitative estimate of drug-likeness (QED) is 0.681. The van der Waals surface area contributed by atoms with Crippen molar-refractivity contribution in [1.82, 2.24) is 10.2 Å². The maximum absolute atomic E-state index is 13.3. The number of halogens is 2. The molecule has 0 spiro atoms. The van der Waals surface area contributed by atoms with Crippen molar-refractivity contribution in [3.05, 3.63) is 59.7 Å². The number of carbonyl (C=O) groups excluding carboxylic acids is 1. The van der Waals surface area contributed by atoms with Gasteiger partial charge in [-0.25, -0.2) is 13.6 Å². The molecule has 0 saturated heterocycles. The van der Waals surface area contributed by atoms with Crippen LogP contribution in [0.1, 0.15) is 31.4 Å². The molecule has 1 amide bonds. The fourth-order valence-electron chi connectivity index (χ4n) is 2.53. The molecule has 0 heterocycles. The van der Waals surface area contributed by atoms with Gasteiger partial charge in [-0.05, 0) is 42.8 Å². The van der Waals surface area contributed by atoms with Crippen molar-refractivity contribution in [2.45, 2.75) is 25.8 Å². The van der Waals surface area contributed by atoms with Crippen LogP contribution < -0.4 is 14.8 Å². The predicted molar refractivity (Wildman–Crippen MR) is 104 cm³/mol. The molecule has 1 N–H and O–H groups in total. The second kappa shape index (κ2) is 10.6. The first-order valence-electron chi connectivity index (χ1n) is 9.21. The first kappa shape index (κ1) is 21.6. The molecule has 2 aromatic carbocycles. The molecule has 0 aromatic heterocycles. The van der Waals surface area contributed by atoms with Crippen LogP contribution in [-0.4, -0.2) is 38.2 Å². The number of hydrogen-bond acceptors (Lipinski definition) is 4. The highest BCUT2D eigenvalue weighted by Gasteiger charge is 2.13. The van der Waals surface area contributed by atoms with Crippen molar-refractivity contribution in [2.24, 2.45) is 0 Å². The summed E-state index contributed by atoms with van der Waals surface area (Å²) in [6.07, 6.45) is 1.17. The minimum absolute atomic E-state index is 0.0174. The Balaban J connectivity index is 1.97. The Hall–Kier alpha value is -2.67. The van der Waals surface area contributed by atoms with E-state index in [2.05, 4.69) is 12.2 Å². The zero-order valence-corrected chi connectivity index (χ0v) is 16.4. The molecule has 0 fully saturated rings. The minimum atomic E-state index is -0.930. The van der Waals surface area contributed by atoms with Gasteiger partial charge in [-0.3, -0.25) is 0 Å². The third kappa shape index (κ3) is 6.49. The molecule has 1 atom stereocenters. The van der Waals surface area contributed by atoms with Crippen LogP contribution in [0.15, 0.2) is 42.5 Å². The van der Waals surface area contributed by atoms with E-state index in [1.807, 2.05) is 12.1 Å². The molecule has 2 aromatic rings. The average molecular weight is 392 g/mol. The molecule has 0 radical (unpaired) electrons. The molecule has 0 aliphatic rings. The van der Waals surface area contributed by atoms with Gasteiger partial charge in [-0.1, -0.05) is 19.1 Å². The zero-order valence-electron chi connectivity index (χ0n) is 16.4. The molecule has 28 heavy (non-hydrogen) atoms. The first-order valence-corrected chi connectivity index (χ1v) is 9.21. The number of nitrogens with one attached hydrogen (secondary N) is 1. The van der Waals surface area contributed by atoms with Crippen LogP contribution in [0.25, 0.3) is 0 Å². The van der Waals surface area contributed by atoms with Crippen molar-refractivity contribution in [3.63, 3.8) is 0 Å². The summed E-state index contributed by atoms with van der Waals surface area (Å²) >= 11 is 0. The monoisotopic (exact) mass is 392 g/mol. The van der Waals surface area contributed by atoms with E-state index in [1.54, 1.807) is 26.2 Å². The van der Waals surface area contributed by atoms with Crippen LogP contribution in [0.5, 0.6) is 11.5 Å². The molecule has 0 saturated carbocycles. The summed E-state index contributed by atoms with van der Waals surface area (Å²) < 4.78 is 37.0. The van der Waals surface area contributed by atoms with Gasteiger partial charge in [-0.15, -0.1) is 0 Å². The van der Waals surface area contributed by atoms with Crippen LogP contribution in [0.3, 0.4) is 0 Å². The fraction of sp³-hybridized carbons (Fsp3) is 0.381. The fourth-order valence-corrected chi connectivity index (χ4v) is 2.53. The summed E-state index contributed by atoms with van der Waals surface area (Å²) in [5.41, 5.74) is 1.02. The molecule has 1 unspecified atom stereocenters. The van der Waals surface area contributed by atoms with Crippen molar-refractivity contribution in [2.75, 3.05) is 27.2 Å². The van der Waals surface area contributed by atoms with Gasteiger partial charge in [0.05, 0.1) is 6.61 Å². The van der Waals surface area contributed by atoms with Crippen LogP contribution >= 0.6 is 0 Å². The number of nitrogens with zero attached hydrogens (tertiary/aromatic N) is 1. The first-order chi connectivity index (χ1) is 13.4. The van der Waals surface area contributed by atoms with Gasteiger partial charge >= 0.3 is 6.09 Å². The van der Waals surface area contributed by atoms with E-state index in [-0.39, 0.29) is 6.04 Å². The maximum atomic E-state index is 13.3. The number of amides is 1. The number of ether oxygens (including phenoxy) is 2. The van der Waals surface area contributed by atoms with Crippen molar-refractivity contribution in [3.8, 4) is 11.5 Å². The Kier molecular flexibility index (Phi) is 8.19. The highest BCUT2D eigenvalue weighted by molar-refractivity contribution is 5.69. The predicted octanol–water partition coefficient (Wildman–Crippen LogP) is 4.54. The molecular formula is C21H26F2N2O3. The number of hydrogen-bond donors (Lipinski definition) is 1. The number of benzene rings is 2. The lowest BCUT2D eigenvalue weighted by Crippen LogP contribution is -2.25. The van der Waals surface area contributed by atoms with Crippen molar-refractivity contribution >= 4 is 6.09 Å². The Labute approximate surface area is 164 Å². The summed E-state index contributed by atoms with van der Waals surface area (Å²) in [5.74, 6) is -1.07. The molecule has 0 aliphatic carbocycles. The standard InChI is InChI=1S/C21H26F2N2O3/c1-4-12-24-20(11-13-27-17-9-10-18(22)19(23)14-17)15-5-7-16(8-6-15)28-21(26)25(2)3/h5-10,14,20,24H,4,11-13H2,1-3H3. The van der Waals surface area contributed by atoms with Gasteiger partial charge < -0.3 is 19.7 Å². The molecule has 0 aliphatic heterocycles. The van der Waals surface area contributed by atoms with E-state index >= 15 is 0 Å². The zero-order chi connectivity index (χ0) is 20.5. The highest BCUT2D eigenvalue weighted by Crippen LogP contribution is 2.22. The highest BCUT2D eigenvalue weighted by atomic mass is 19.2. The molecule has 152 valence electrons. The van der Waals surface area contributed by atoms with Crippen LogP contribution in [0, 0.1) is 11.6 Å². The second-order valence-corrected chi connectivity index (χ2v) is 6.55. The average Bonchev–Trinajstić information content (AvgIpc) is 2.68.